The maximum Gasteiger partial charge on any atom is 0.252 e. The molecule has 0 aliphatic heterocycles. The Labute approximate surface area is 104 Å². The number of hydrogen-bond donors (Lipinski definition) is 1. The molecule has 0 amide bonds. The van der Waals surface area contributed by atoms with Crippen molar-refractivity contribution in [2.45, 2.75) is 31.2 Å². The highest BCUT2D eigenvalue weighted by Crippen LogP contribution is 2.51. The van der Waals surface area contributed by atoms with E-state index in [0.717, 1.165) is 22.2 Å². The summed E-state index contributed by atoms with van der Waals surface area (Å²) in [4.78, 5) is 4.40. The number of aromatic nitrogens is 1. The van der Waals surface area contributed by atoms with Crippen molar-refractivity contribution < 1.29 is 8.78 Å². The van der Waals surface area contributed by atoms with Crippen LogP contribution in [-0.4, -0.2) is 10.9 Å². The molecule has 1 aliphatic carbocycles. The lowest BCUT2D eigenvalue weighted by Gasteiger charge is -2.45. The Kier molecular flexibility index (Phi) is 2.23. The lowest BCUT2D eigenvalue weighted by molar-refractivity contribution is -0.124. The van der Waals surface area contributed by atoms with Crippen molar-refractivity contribution in [3.05, 3.63) is 41.6 Å². The summed E-state index contributed by atoms with van der Waals surface area (Å²) in [5.41, 5.74) is 7.62. The molecule has 1 fully saturated rings. The SMILES string of the molecule is Cc1cc(C2(N)CC(F)(F)C2)c2ccccc2n1. The van der Waals surface area contributed by atoms with Gasteiger partial charge in [-0.1, -0.05) is 18.2 Å². The highest BCUT2D eigenvalue weighted by Gasteiger charge is 2.55. The van der Waals surface area contributed by atoms with Crippen molar-refractivity contribution in [1.29, 1.82) is 0 Å². The van der Waals surface area contributed by atoms with Crippen LogP contribution in [-0.2, 0) is 5.54 Å². The number of para-hydroxylation sites is 1. The minimum Gasteiger partial charge on any atom is -0.321 e. The molecule has 1 saturated carbocycles. The number of fused-ring (bicyclic) bond motifs is 1. The van der Waals surface area contributed by atoms with E-state index in [1.54, 1.807) is 0 Å². The maximum atomic E-state index is 13.1. The molecule has 1 aliphatic rings. The summed E-state index contributed by atoms with van der Waals surface area (Å²) in [6, 6.07) is 9.37. The number of pyridine rings is 1. The first kappa shape index (κ1) is 11.5. The van der Waals surface area contributed by atoms with Crippen LogP contribution >= 0.6 is 0 Å². The van der Waals surface area contributed by atoms with Gasteiger partial charge in [0, 0.05) is 23.9 Å². The molecule has 0 unspecified atom stereocenters. The number of nitrogens with two attached hydrogens (primary N) is 1. The molecule has 94 valence electrons. The van der Waals surface area contributed by atoms with Gasteiger partial charge in [-0.15, -0.1) is 0 Å². The first-order valence-electron chi connectivity index (χ1n) is 5.93. The molecule has 0 bridgehead atoms. The molecule has 2 nitrogen and oxygen atoms in total. The second kappa shape index (κ2) is 3.48. The molecule has 0 saturated heterocycles. The lowest BCUT2D eigenvalue weighted by atomic mass is 9.69. The van der Waals surface area contributed by atoms with Crippen LogP contribution in [0.15, 0.2) is 30.3 Å². The Morgan fingerprint density at radius 1 is 1.22 bits per heavy atom. The van der Waals surface area contributed by atoms with E-state index in [9.17, 15) is 8.78 Å². The highest BCUT2D eigenvalue weighted by molar-refractivity contribution is 5.83. The summed E-state index contributed by atoms with van der Waals surface area (Å²) in [6.07, 6.45) is -0.569. The predicted molar refractivity (Wildman–Crippen MR) is 66.5 cm³/mol. The number of nitrogens with zero attached hydrogens (tertiary/aromatic N) is 1. The van der Waals surface area contributed by atoms with Gasteiger partial charge in [-0.25, -0.2) is 8.78 Å². The van der Waals surface area contributed by atoms with Crippen molar-refractivity contribution in [2.75, 3.05) is 0 Å². The van der Waals surface area contributed by atoms with Gasteiger partial charge in [-0.05, 0) is 24.6 Å². The monoisotopic (exact) mass is 248 g/mol. The van der Waals surface area contributed by atoms with Crippen molar-refractivity contribution in [1.82, 2.24) is 4.98 Å². The van der Waals surface area contributed by atoms with E-state index in [1.807, 2.05) is 37.3 Å². The van der Waals surface area contributed by atoms with Gasteiger partial charge in [0.2, 0.25) is 0 Å². The molecular weight excluding hydrogens is 234 g/mol. The Bertz CT molecular complexity index is 614. The normalized spacial score (nSPS) is 20.7. The van der Waals surface area contributed by atoms with Crippen LogP contribution in [0.3, 0.4) is 0 Å². The van der Waals surface area contributed by atoms with E-state index in [4.69, 9.17) is 5.73 Å². The molecule has 1 aromatic carbocycles. The zero-order chi connectivity index (χ0) is 13.0. The summed E-state index contributed by atoms with van der Waals surface area (Å²) < 4.78 is 26.2. The number of benzene rings is 1. The summed E-state index contributed by atoms with van der Waals surface area (Å²) in [5, 5.41) is 0.876. The fraction of sp³-hybridized carbons (Fsp3) is 0.357. The largest absolute Gasteiger partial charge is 0.321 e. The van der Waals surface area contributed by atoms with Crippen LogP contribution in [0, 0.1) is 6.92 Å². The van der Waals surface area contributed by atoms with Crippen LogP contribution in [0.25, 0.3) is 10.9 Å². The van der Waals surface area contributed by atoms with Crippen LogP contribution in [0.2, 0.25) is 0 Å². The first-order valence-corrected chi connectivity index (χ1v) is 5.93. The van der Waals surface area contributed by atoms with E-state index < -0.39 is 11.5 Å². The summed E-state index contributed by atoms with van der Waals surface area (Å²) >= 11 is 0. The van der Waals surface area contributed by atoms with Crippen LogP contribution in [0.4, 0.5) is 8.78 Å². The van der Waals surface area contributed by atoms with Crippen LogP contribution in [0.5, 0.6) is 0 Å². The third kappa shape index (κ3) is 1.68. The average molecular weight is 248 g/mol. The number of halogens is 2. The molecule has 3 rings (SSSR count). The Morgan fingerprint density at radius 2 is 1.89 bits per heavy atom. The van der Waals surface area contributed by atoms with Gasteiger partial charge in [-0.3, -0.25) is 4.98 Å². The third-order valence-corrected chi connectivity index (χ3v) is 3.53. The third-order valence-electron chi connectivity index (χ3n) is 3.53. The number of aryl methyl sites for hydroxylation is 1. The minimum atomic E-state index is -2.63. The zero-order valence-electron chi connectivity index (χ0n) is 10.1. The number of hydrogen-bond acceptors (Lipinski definition) is 2. The quantitative estimate of drug-likeness (QED) is 0.842. The maximum absolute atomic E-state index is 13.1. The number of alkyl halides is 2. The molecular formula is C14H14F2N2. The molecule has 4 heteroatoms. The van der Waals surface area contributed by atoms with E-state index in [1.165, 1.54) is 0 Å². The van der Waals surface area contributed by atoms with Gasteiger partial charge in [0.05, 0.1) is 11.1 Å². The smallest absolute Gasteiger partial charge is 0.252 e. The van der Waals surface area contributed by atoms with Crippen LogP contribution < -0.4 is 5.73 Å². The van der Waals surface area contributed by atoms with E-state index in [2.05, 4.69) is 4.98 Å². The van der Waals surface area contributed by atoms with E-state index >= 15 is 0 Å². The van der Waals surface area contributed by atoms with Crippen molar-refractivity contribution in [3.8, 4) is 0 Å². The van der Waals surface area contributed by atoms with Crippen molar-refractivity contribution in [3.63, 3.8) is 0 Å². The van der Waals surface area contributed by atoms with Crippen molar-refractivity contribution >= 4 is 10.9 Å². The molecule has 1 heterocycles. The van der Waals surface area contributed by atoms with Gasteiger partial charge in [0.25, 0.3) is 5.92 Å². The second-order valence-electron chi connectivity index (χ2n) is 5.19. The Morgan fingerprint density at radius 3 is 2.56 bits per heavy atom. The molecule has 18 heavy (non-hydrogen) atoms. The molecule has 0 spiro atoms. The van der Waals surface area contributed by atoms with Crippen LogP contribution in [0.1, 0.15) is 24.1 Å². The topological polar surface area (TPSA) is 38.9 Å². The summed E-state index contributed by atoms with van der Waals surface area (Å²) in [7, 11) is 0. The standard InChI is InChI=1S/C14H14F2N2/c1-9-6-11(13(17)7-14(15,16)8-13)10-4-2-3-5-12(10)18-9/h2-6H,7-8,17H2,1H3. The van der Waals surface area contributed by atoms with Gasteiger partial charge in [0.15, 0.2) is 0 Å². The molecule has 2 aromatic rings. The molecule has 0 radical (unpaired) electrons. The van der Waals surface area contributed by atoms with Gasteiger partial charge in [-0.2, -0.15) is 0 Å². The van der Waals surface area contributed by atoms with Gasteiger partial charge >= 0.3 is 0 Å². The second-order valence-corrected chi connectivity index (χ2v) is 5.19. The molecule has 1 aromatic heterocycles. The minimum absolute atomic E-state index is 0.284. The number of rotatable bonds is 1. The lowest BCUT2D eigenvalue weighted by Crippen LogP contribution is -2.55. The highest BCUT2D eigenvalue weighted by atomic mass is 19.3. The Hall–Kier alpha value is -1.55. The van der Waals surface area contributed by atoms with Crippen molar-refractivity contribution in [2.24, 2.45) is 5.73 Å². The van der Waals surface area contributed by atoms with Gasteiger partial charge in [0.1, 0.15) is 0 Å². The fourth-order valence-corrected chi connectivity index (χ4v) is 2.78. The van der Waals surface area contributed by atoms with E-state index in [0.29, 0.717) is 0 Å². The predicted octanol–water partition coefficient (Wildman–Crippen LogP) is 3.13. The zero-order valence-corrected chi connectivity index (χ0v) is 10.1. The average Bonchev–Trinajstić information content (AvgIpc) is 2.25. The molecule has 0 atom stereocenters. The fourth-order valence-electron chi connectivity index (χ4n) is 2.78. The van der Waals surface area contributed by atoms with Gasteiger partial charge < -0.3 is 5.73 Å². The van der Waals surface area contributed by atoms with E-state index in [-0.39, 0.29) is 12.8 Å². The summed E-state index contributed by atoms with van der Waals surface area (Å²) in [5.74, 6) is -2.63. The first-order chi connectivity index (χ1) is 8.40. The Balaban J connectivity index is 2.18. The molecule has 2 N–H and O–H groups in total. The summed E-state index contributed by atoms with van der Waals surface area (Å²) in [6.45, 7) is 1.86.